The van der Waals surface area contributed by atoms with Crippen LogP contribution in [0.25, 0.3) is 0 Å². The molecule has 0 aromatic heterocycles. The summed E-state index contributed by atoms with van der Waals surface area (Å²) in [7, 11) is 0. The van der Waals surface area contributed by atoms with Crippen LogP contribution in [0.4, 0.5) is 0 Å². The Morgan fingerprint density at radius 3 is 2.13 bits per heavy atom. The van der Waals surface area contributed by atoms with Crippen molar-refractivity contribution in [1.29, 1.82) is 0 Å². The minimum atomic E-state index is 0.641. The molecule has 0 amide bonds. The standard InChI is InChI=1S/C15H30/c1-5-8-10-14(4,7-3)13-15(9-6-2)11-12-15/h5-13H2,1-4H3. The smallest absolute Gasteiger partial charge is 0.0292 e. The van der Waals surface area contributed by atoms with Crippen molar-refractivity contribution in [1.82, 2.24) is 0 Å². The highest BCUT2D eigenvalue weighted by Gasteiger charge is 2.45. The lowest BCUT2D eigenvalue weighted by molar-refractivity contribution is 0.187. The summed E-state index contributed by atoms with van der Waals surface area (Å²) in [6, 6.07) is 0. The second kappa shape index (κ2) is 5.37. The quantitative estimate of drug-likeness (QED) is 0.492. The van der Waals surface area contributed by atoms with Crippen LogP contribution in [-0.4, -0.2) is 0 Å². The van der Waals surface area contributed by atoms with Crippen LogP contribution in [0.1, 0.15) is 85.5 Å². The van der Waals surface area contributed by atoms with Gasteiger partial charge < -0.3 is 0 Å². The second-order valence-corrected chi connectivity index (χ2v) is 6.19. The first-order chi connectivity index (χ1) is 7.10. The van der Waals surface area contributed by atoms with Gasteiger partial charge in [-0.25, -0.2) is 0 Å². The molecule has 1 aliphatic carbocycles. The van der Waals surface area contributed by atoms with E-state index in [1.54, 1.807) is 0 Å². The predicted molar refractivity (Wildman–Crippen MR) is 69.1 cm³/mol. The summed E-state index contributed by atoms with van der Waals surface area (Å²) in [4.78, 5) is 0. The summed E-state index contributed by atoms with van der Waals surface area (Å²) >= 11 is 0. The zero-order valence-corrected chi connectivity index (χ0v) is 11.4. The highest BCUT2D eigenvalue weighted by atomic mass is 14.5. The van der Waals surface area contributed by atoms with E-state index in [0.29, 0.717) is 5.41 Å². The van der Waals surface area contributed by atoms with Crippen LogP contribution in [0.5, 0.6) is 0 Å². The van der Waals surface area contributed by atoms with Crippen LogP contribution in [0.15, 0.2) is 0 Å². The molecular formula is C15H30. The van der Waals surface area contributed by atoms with E-state index in [1.807, 2.05) is 0 Å². The Morgan fingerprint density at radius 2 is 1.73 bits per heavy atom. The molecule has 0 heterocycles. The fraction of sp³-hybridized carbons (Fsp3) is 1.00. The van der Waals surface area contributed by atoms with Gasteiger partial charge in [0.2, 0.25) is 0 Å². The fourth-order valence-electron chi connectivity index (χ4n) is 3.12. The molecule has 1 fully saturated rings. The molecular weight excluding hydrogens is 180 g/mol. The lowest BCUT2D eigenvalue weighted by Gasteiger charge is -2.33. The van der Waals surface area contributed by atoms with E-state index in [-0.39, 0.29) is 0 Å². The van der Waals surface area contributed by atoms with Crippen LogP contribution in [-0.2, 0) is 0 Å². The molecule has 0 spiro atoms. The molecule has 0 N–H and O–H groups in total. The molecule has 15 heavy (non-hydrogen) atoms. The molecule has 0 nitrogen and oxygen atoms in total. The summed E-state index contributed by atoms with van der Waals surface area (Å²) in [5.41, 5.74) is 1.43. The van der Waals surface area contributed by atoms with Gasteiger partial charge in [-0.3, -0.25) is 0 Å². The van der Waals surface area contributed by atoms with Crippen molar-refractivity contribution in [2.75, 3.05) is 0 Å². The van der Waals surface area contributed by atoms with E-state index >= 15 is 0 Å². The third kappa shape index (κ3) is 3.81. The van der Waals surface area contributed by atoms with Gasteiger partial charge in [-0.2, -0.15) is 0 Å². The monoisotopic (exact) mass is 210 g/mol. The van der Waals surface area contributed by atoms with Gasteiger partial charge >= 0.3 is 0 Å². The maximum Gasteiger partial charge on any atom is -0.0292 e. The van der Waals surface area contributed by atoms with E-state index in [9.17, 15) is 0 Å². The predicted octanol–water partition coefficient (Wildman–Crippen LogP) is 5.56. The first-order valence-corrected chi connectivity index (χ1v) is 7.10. The van der Waals surface area contributed by atoms with Crippen LogP contribution < -0.4 is 0 Å². The zero-order chi connectivity index (χ0) is 11.4. The highest BCUT2D eigenvalue weighted by molar-refractivity contribution is 4.96. The molecule has 1 aliphatic rings. The Hall–Kier alpha value is 0. The Morgan fingerprint density at radius 1 is 1.07 bits per heavy atom. The molecule has 0 aromatic carbocycles. The van der Waals surface area contributed by atoms with Crippen molar-refractivity contribution in [3.8, 4) is 0 Å². The van der Waals surface area contributed by atoms with Gasteiger partial charge in [-0.05, 0) is 42.9 Å². The van der Waals surface area contributed by atoms with E-state index in [1.165, 1.54) is 57.8 Å². The fourth-order valence-corrected chi connectivity index (χ4v) is 3.12. The molecule has 0 heteroatoms. The van der Waals surface area contributed by atoms with Crippen LogP contribution in [0.3, 0.4) is 0 Å². The van der Waals surface area contributed by atoms with Crippen molar-refractivity contribution in [2.24, 2.45) is 10.8 Å². The van der Waals surface area contributed by atoms with Crippen LogP contribution in [0.2, 0.25) is 0 Å². The highest BCUT2D eigenvalue weighted by Crippen LogP contribution is 2.58. The normalized spacial score (nSPS) is 22.4. The topological polar surface area (TPSA) is 0 Å². The van der Waals surface area contributed by atoms with E-state index in [0.717, 1.165) is 5.41 Å². The molecule has 0 saturated heterocycles. The first kappa shape index (κ1) is 13.1. The zero-order valence-electron chi connectivity index (χ0n) is 11.4. The number of unbranched alkanes of at least 4 members (excludes halogenated alkanes) is 1. The Labute approximate surface area is 96.8 Å². The average molecular weight is 210 g/mol. The number of rotatable bonds is 8. The minimum Gasteiger partial charge on any atom is -0.0654 e. The Bertz CT molecular complexity index is 178. The maximum absolute atomic E-state index is 2.53. The molecule has 0 bridgehead atoms. The maximum atomic E-state index is 2.53. The second-order valence-electron chi connectivity index (χ2n) is 6.19. The SMILES string of the molecule is CCCCC(C)(CC)CC1(CCC)CC1. The third-order valence-corrected chi connectivity index (χ3v) is 4.53. The lowest BCUT2D eigenvalue weighted by atomic mass is 9.73. The Kier molecular flexibility index (Phi) is 4.67. The van der Waals surface area contributed by atoms with Gasteiger partial charge in [0.15, 0.2) is 0 Å². The van der Waals surface area contributed by atoms with E-state index in [2.05, 4.69) is 27.7 Å². The van der Waals surface area contributed by atoms with Gasteiger partial charge in [-0.15, -0.1) is 0 Å². The lowest BCUT2D eigenvalue weighted by Crippen LogP contribution is -2.21. The Balaban J connectivity index is 2.44. The van der Waals surface area contributed by atoms with Crippen molar-refractivity contribution in [2.45, 2.75) is 85.5 Å². The molecule has 0 aromatic rings. The van der Waals surface area contributed by atoms with Gasteiger partial charge in [0.05, 0.1) is 0 Å². The van der Waals surface area contributed by atoms with Gasteiger partial charge in [0.25, 0.3) is 0 Å². The van der Waals surface area contributed by atoms with Gasteiger partial charge in [0, 0.05) is 0 Å². The summed E-state index contributed by atoms with van der Waals surface area (Å²) in [5, 5.41) is 0. The van der Waals surface area contributed by atoms with Crippen molar-refractivity contribution in [3.63, 3.8) is 0 Å². The minimum absolute atomic E-state index is 0.641. The van der Waals surface area contributed by atoms with Crippen molar-refractivity contribution in [3.05, 3.63) is 0 Å². The molecule has 0 radical (unpaired) electrons. The van der Waals surface area contributed by atoms with Crippen LogP contribution in [0, 0.1) is 10.8 Å². The molecule has 1 saturated carbocycles. The average Bonchev–Trinajstić information content (AvgIpc) is 2.95. The van der Waals surface area contributed by atoms with Crippen molar-refractivity contribution < 1.29 is 0 Å². The van der Waals surface area contributed by atoms with E-state index < -0.39 is 0 Å². The van der Waals surface area contributed by atoms with E-state index in [4.69, 9.17) is 0 Å². The summed E-state index contributed by atoms with van der Waals surface area (Å²) < 4.78 is 0. The molecule has 1 rings (SSSR count). The van der Waals surface area contributed by atoms with Crippen LogP contribution >= 0.6 is 0 Å². The largest absolute Gasteiger partial charge is 0.0654 e. The molecule has 1 atom stereocenters. The number of hydrogen-bond donors (Lipinski definition) is 0. The van der Waals surface area contributed by atoms with Gasteiger partial charge in [0.1, 0.15) is 0 Å². The summed E-state index contributed by atoms with van der Waals surface area (Å²) in [6.07, 6.45) is 13.0. The molecule has 0 aliphatic heterocycles. The molecule has 90 valence electrons. The van der Waals surface area contributed by atoms with Gasteiger partial charge in [-0.1, -0.05) is 53.4 Å². The summed E-state index contributed by atoms with van der Waals surface area (Å²) in [5.74, 6) is 0. The number of hydrogen-bond acceptors (Lipinski definition) is 0. The summed E-state index contributed by atoms with van der Waals surface area (Å²) in [6.45, 7) is 9.57. The first-order valence-electron chi connectivity index (χ1n) is 7.10. The van der Waals surface area contributed by atoms with Crippen molar-refractivity contribution >= 4 is 0 Å². The molecule has 1 unspecified atom stereocenters. The third-order valence-electron chi connectivity index (χ3n) is 4.53.